The molecule has 3 aromatic rings. The first kappa shape index (κ1) is 15.0. The molecule has 3 nitrogen and oxygen atoms in total. The lowest BCUT2D eigenvalue weighted by atomic mass is 10.1. The van der Waals surface area contributed by atoms with Crippen LogP contribution < -0.4 is 5.32 Å². The zero-order valence-corrected chi connectivity index (χ0v) is 13.4. The summed E-state index contributed by atoms with van der Waals surface area (Å²) in [6, 6.07) is 9.89. The summed E-state index contributed by atoms with van der Waals surface area (Å²) in [5.41, 5.74) is 1.87. The Morgan fingerprint density at radius 1 is 1.27 bits per heavy atom. The smallest absolute Gasteiger partial charge is 0.244 e. The fourth-order valence-electron chi connectivity index (χ4n) is 2.16. The topological polar surface area (TPSA) is 49.3 Å². The van der Waals surface area contributed by atoms with E-state index >= 15 is 0 Å². The third-order valence-corrected chi connectivity index (χ3v) is 4.99. The zero-order valence-electron chi connectivity index (χ0n) is 11.7. The lowest BCUT2D eigenvalue weighted by Gasteiger charge is -2.10. The van der Waals surface area contributed by atoms with Crippen LogP contribution in [0, 0.1) is 0 Å². The van der Waals surface area contributed by atoms with E-state index in [2.05, 4.69) is 5.32 Å². The SMILES string of the molecule is O=C(/C=C/c1ccsc1)NCC(O)c1csc2ccccc12. The lowest BCUT2D eigenvalue weighted by molar-refractivity contribution is -0.116. The highest BCUT2D eigenvalue weighted by Crippen LogP contribution is 2.29. The van der Waals surface area contributed by atoms with Crippen molar-refractivity contribution < 1.29 is 9.90 Å². The molecule has 2 heterocycles. The molecule has 112 valence electrons. The number of nitrogens with one attached hydrogen (secondary N) is 1. The van der Waals surface area contributed by atoms with E-state index in [4.69, 9.17) is 0 Å². The molecule has 5 heteroatoms. The Morgan fingerprint density at radius 3 is 2.95 bits per heavy atom. The van der Waals surface area contributed by atoms with Crippen LogP contribution in [-0.4, -0.2) is 17.6 Å². The number of aliphatic hydroxyl groups excluding tert-OH is 1. The molecule has 0 saturated carbocycles. The van der Waals surface area contributed by atoms with Gasteiger partial charge in [-0.1, -0.05) is 18.2 Å². The van der Waals surface area contributed by atoms with Crippen LogP contribution in [0.5, 0.6) is 0 Å². The van der Waals surface area contributed by atoms with Crippen LogP contribution in [0.3, 0.4) is 0 Å². The number of hydrogen-bond donors (Lipinski definition) is 2. The maximum Gasteiger partial charge on any atom is 0.244 e. The lowest BCUT2D eigenvalue weighted by Crippen LogP contribution is -2.26. The summed E-state index contributed by atoms with van der Waals surface area (Å²) < 4.78 is 1.14. The molecule has 3 rings (SSSR count). The summed E-state index contributed by atoms with van der Waals surface area (Å²) in [5.74, 6) is -0.204. The molecule has 0 aliphatic carbocycles. The summed E-state index contributed by atoms with van der Waals surface area (Å²) in [6.45, 7) is 0.202. The second-order valence-corrected chi connectivity index (χ2v) is 6.53. The Labute approximate surface area is 136 Å². The predicted octanol–water partition coefficient (Wildman–Crippen LogP) is 3.83. The highest BCUT2D eigenvalue weighted by molar-refractivity contribution is 7.17. The van der Waals surface area contributed by atoms with Gasteiger partial charge in [0.15, 0.2) is 0 Å². The molecular formula is C17H15NO2S2. The summed E-state index contributed by atoms with van der Waals surface area (Å²) in [7, 11) is 0. The van der Waals surface area contributed by atoms with Crippen LogP contribution in [0.15, 0.2) is 52.5 Å². The van der Waals surface area contributed by atoms with Crippen LogP contribution in [0.2, 0.25) is 0 Å². The number of fused-ring (bicyclic) bond motifs is 1. The van der Waals surface area contributed by atoms with Gasteiger partial charge >= 0.3 is 0 Å². The maximum atomic E-state index is 11.8. The largest absolute Gasteiger partial charge is 0.387 e. The summed E-state index contributed by atoms with van der Waals surface area (Å²) >= 11 is 3.19. The van der Waals surface area contributed by atoms with Gasteiger partial charge in [-0.3, -0.25) is 4.79 Å². The van der Waals surface area contributed by atoms with Crippen LogP contribution in [0.25, 0.3) is 16.2 Å². The number of amides is 1. The van der Waals surface area contributed by atoms with Crippen LogP contribution in [-0.2, 0) is 4.79 Å². The number of hydrogen-bond acceptors (Lipinski definition) is 4. The van der Waals surface area contributed by atoms with E-state index in [1.807, 2.05) is 46.5 Å². The van der Waals surface area contributed by atoms with Crippen molar-refractivity contribution in [3.8, 4) is 0 Å². The van der Waals surface area contributed by atoms with Crippen LogP contribution in [0.1, 0.15) is 17.2 Å². The quantitative estimate of drug-likeness (QED) is 0.699. The Hall–Kier alpha value is -1.95. The van der Waals surface area contributed by atoms with Gasteiger partial charge in [0, 0.05) is 22.9 Å². The van der Waals surface area contributed by atoms with Gasteiger partial charge in [0.1, 0.15) is 0 Å². The van der Waals surface area contributed by atoms with Crippen LogP contribution >= 0.6 is 22.7 Å². The van der Waals surface area contributed by atoms with Crippen molar-refractivity contribution in [2.75, 3.05) is 6.54 Å². The number of carbonyl (C=O) groups is 1. The fraction of sp³-hybridized carbons (Fsp3) is 0.118. The molecule has 0 spiro atoms. The second-order valence-electron chi connectivity index (χ2n) is 4.84. The van der Waals surface area contributed by atoms with Gasteiger partial charge in [-0.05, 0) is 45.3 Å². The summed E-state index contributed by atoms with van der Waals surface area (Å²) in [6.07, 6.45) is 2.55. The molecule has 2 N–H and O–H groups in total. The highest BCUT2D eigenvalue weighted by Gasteiger charge is 2.13. The fourth-order valence-corrected chi connectivity index (χ4v) is 3.80. The Morgan fingerprint density at radius 2 is 2.14 bits per heavy atom. The average molecular weight is 329 g/mol. The van der Waals surface area contributed by atoms with Gasteiger partial charge in [-0.2, -0.15) is 11.3 Å². The van der Waals surface area contributed by atoms with Crippen molar-refractivity contribution in [2.24, 2.45) is 0 Å². The minimum atomic E-state index is -0.699. The van der Waals surface area contributed by atoms with E-state index in [1.165, 1.54) is 6.08 Å². The Bertz CT molecular complexity index is 790. The Balaban J connectivity index is 1.60. The molecule has 1 atom stereocenters. The molecule has 1 amide bonds. The number of rotatable bonds is 5. The van der Waals surface area contributed by atoms with E-state index in [-0.39, 0.29) is 12.5 Å². The molecule has 22 heavy (non-hydrogen) atoms. The molecule has 1 aromatic carbocycles. The predicted molar refractivity (Wildman–Crippen MR) is 93.1 cm³/mol. The van der Waals surface area contributed by atoms with Crippen molar-refractivity contribution in [2.45, 2.75) is 6.10 Å². The van der Waals surface area contributed by atoms with E-state index in [0.717, 1.165) is 21.2 Å². The highest BCUT2D eigenvalue weighted by atomic mass is 32.1. The number of thiophene rings is 2. The van der Waals surface area contributed by atoms with Crippen molar-refractivity contribution in [3.63, 3.8) is 0 Å². The minimum absolute atomic E-state index is 0.202. The van der Waals surface area contributed by atoms with Gasteiger partial charge in [0.05, 0.1) is 6.10 Å². The average Bonchev–Trinajstić information content (AvgIpc) is 3.19. The molecular weight excluding hydrogens is 314 g/mol. The first-order valence-corrected chi connectivity index (χ1v) is 8.68. The number of aliphatic hydroxyl groups is 1. The summed E-state index contributed by atoms with van der Waals surface area (Å²) in [5, 5.41) is 19.9. The van der Waals surface area contributed by atoms with E-state index in [9.17, 15) is 9.90 Å². The van der Waals surface area contributed by atoms with Gasteiger partial charge < -0.3 is 10.4 Å². The second kappa shape index (κ2) is 6.87. The van der Waals surface area contributed by atoms with Crippen molar-refractivity contribution in [3.05, 3.63) is 63.7 Å². The monoisotopic (exact) mass is 329 g/mol. The first-order chi connectivity index (χ1) is 10.7. The van der Waals surface area contributed by atoms with E-state index in [0.29, 0.717) is 0 Å². The van der Waals surface area contributed by atoms with Crippen molar-refractivity contribution in [1.82, 2.24) is 5.32 Å². The number of carbonyl (C=O) groups excluding carboxylic acids is 1. The zero-order chi connectivity index (χ0) is 15.4. The molecule has 0 fully saturated rings. The van der Waals surface area contributed by atoms with Crippen molar-refractivity contribution >= 4 is 44.7 Å². The van der Waals surface area contributed by atoms with Crippen molar-refractivity contribution in [1.29, 1.82) is 0 Å². The standard InChI is InChI=1S/C17H15NO2S2/c19-15(14-11-22-16-4-2-1-3-13(14)16)9-18-17(20)6-5-12-7-8-21-10-12/h1-8,10-11,15,19H,9H2,(H,18,20)/b6-5+. The molecule has 0 saturated heterocycles. The maximum absolute atomic E-state index is 11.8. The van der Waals surface area contributed by atoms with E-state index in [1.54, 1.807) is 28.7 Å². The molecule has 0 bridgehead atoms. The molecule has 2 aromatic heterocycles. The Kier molecular flexibility index (Phi) is 4.68. The summed E-state index contributed by atoms with van der Waals surface area (Å²) in [4.78, 5) is 11.8. The van der Waals surface area contributed by atoms with Crippen LogP contribution in [0.4, 0.5) is 0 Å². The van der Waals surface area contributed by atoms with Gasteiger partial charge in [-0.15, -0.1) is 11.3 Å². The molecule has 0 aliphatic heterocycles. The molecule has 1 unspecified atom stereocenters. The third kappa shape index (κ3) is 3.44. The minimum Gasteiger partial charge on any atom is -0.387 e. The first-order valence-electron chi connectivity index (χ1n) is 6.86. The number of benzene rings is 1. The van der Waals surface area contributed by atoms with Gasteiger partial charge in [0.2, 0.25) is 5.91 Å². The normalized spacial score (nSPS) is 12.8. The van der Waals surface area contributed by atoms with Gasteiger partial charge in [-0.25, -0.2) is 0 Å². The molecule has 0 aliphatic rings. The molecule has 0 radical (unpaired) electrons. The third-order valence-electron chi connectivity index (χ3n) is 3.31. The van der Waals surface area contributed by atoms with Gasteiger partial charge in [0.25, 0.3) is 0 Å². The van der Waals surface area contributed by atoms with E-state index < -0.39 is 6.10 Å².